The molecule has 0 unspecified atom stereocenters. The summed E-state index contributed by atoms with van der Waals surface area (Å²) in [5, 5.41) is 0. The van der Waals surface area contributed by atoms with Crippen molar-refractivity contribution >= 4 is 18.5 Å². The second-order valence-corrected chi connectivity index (χ2v) is 6.12. The van der Waals surface area contributed by atoms with Crippen molar-refractivity contribution in [2.45, 2.75) is 11.4 Å². The van der Waals surface area contributed by atoms with E-state index in [-0.39, 0.29) is 5.91 Å². The van der Waals surface area contributed by atoms with Crippen molar-refractivity contribution in [1.29, 1.82) is 0 Å². The van der Waals surface area contributed by atoms with E-state index in [9.17, 15) is 4.79 Å². The Kier molecular flexibility index (Phi) is 4.80. The minimum Gasteiger partial charge on any atom is -0.336 e. The van der Waals surface area contributed by atoms with E-state index in [0.29, 0.717) is 0 Å². The Morgan fingerprint density at radius 2 is 1.55 bits per heavy atom. The van der Waals surface area contributed by atoms with E-state index in [2.05, 4.69) is 41.8 Å². The Morgan fingerprint density at radius 3 is 2.18 bits per heavy atom. The lowest BCUT2D eigenvalue weighted by atomic mass is 10.1. The van der Waals surface area contributed by atoms with Gasteiger partial charge in [0.05, 0.1) is 0 Å². The molecule has 4 heteroatoms. The Hall–Kier alpha value is -1.78. The first-order valence-corrected chi connectivity index (χ1v) is 8.02. The fourth-order valence-electron chi connectivity index (χ4n) is 2.74. The third-order valence-corrected chi connectivity index (χ3v) is 4.32. The first-order chi connectivity index (χ1) is 10.7. The van der Waals surface area contributed by atoms with E-state index >= 15 is 0 Å². The summed E-state index contributed by atoms with van der Waals surface area (Å²) in [5.41, 5.74) is 2.07. The van der Waals surface area contributed by atoms with Crippen molar-refractivity contribution < 1.29 is 4.79 Å². The van der Waals surface area contributed by atoms with Crippen LogP contribution in [-0.4, -0.2) is 41.9 Å². The van der Waals surface area contributed by atoms with Crippen LogP contribution in [-0.2, 0) is 6.54 Å². The number of benzene rings is 2. The first-order valence-electron chi connectivity index (χ1n) is 7.57. The zero-order chi connectivity index (χ0) is 15.4. The molecular weight excluding hydrogens is 292 g/mol. The van der Waals surface area contributed by atoms with Gasteiger partial charge in [-0.15, -0.1) is 12.6 Å². The highest BCUT2D eigenvalue weighted by Gasteiger charge is 2.21. The van der Waals surface area contributed by atoms with Crippen molar-refractivity contribution in [3.8, 4) is 0 Å². The standard InChI is InChI=1S/C18H20N2OS/c21-18(16-6-8-17(22)9-7-16)20-12-10-19(11-13-20)14-15-4-2-1-3-5-15/h1-9,22H,10-14H2. The summed E-state index contributed by atoms with van der Waals surface area (Å²) in [4.78, 5) is 17.7. The average molecular weight is 312 g/mol. The van der Waals surface area contributed by atoms with Crippen molar-refractivity contribution in [3.05, 3.63) is 65.7 Å². The molecule has 2 aromatic carbocycles. The van der Waals surface area contributed by atoms with Gasteiger partial charge in [0.25, 0.3) is 5.91 Å². The number of hydrogen-bond donors (Lipinski definition) is 1. The molecule has 0 aliphatic carbocycles. The SMILES string of the molecule is O=C(c1ccc(S)cc1)N1CCN(Cc2ccccc2)CC1. The molecule has 22 heavy (non-hydrogen) atoms. The highest BCUT2D eigenvalue weighted by Crippen LogP contribution is 2.13. The lowest BCUT2D eigenvalue weighted by molar-refractivity contribution is 0.0628. The van der Waals surface area contributed by atoms with Gasteiger partial charge in [0.15, 0.2) is 0 Å². The van der Waals surface area contributed by atoms with Crippen molar-refractivity contribution in [2.24, 2.45) is 0 Å². The molecule has 1 aliphatic heterocycles. The Labute approximate surface area is 137 Å². The van der Waals surface area contributed by atoms with Crippen LogP contribution < -0.4 is 0 Å². The maximum Gasteiger partial charge on any atom is 0.253 e. The topological polar surface area (TPSA) is 23.6 Å². The molecule has 0 atom stereocenters. The summed E-state index contributed by atoms with van der Waals surface area (Å²) < 4.78 is 0. The molecule has 1 saturated heterocycles. The molecule has 1 amide bonds. The Bertz CT molecular complexity index is 619. The van der Waals surface area contributed by atoms with E-state index in [1.165, 1.54) is 5.56 Å². The number of amides is 1. The van der Waals surface area contributed by atoms with Gasteiger partial charge < -0.3 is 4.90 Å². The second-order valence-electron chi connectivity index (χ2n) is 5.60. The smallest absolute Gasteiger partial charge is 0.253 e. The number of carbonyl (C=O) groups excluding carboxylic acids is 1. The fourth-order valence-corrected chi connectivity index (χ4v) is 2.89. The molecule has 0 bridgehead atoms. The molecule has 1 fully saturated rings. The summed E-state index contributed by atoms with van der Waals surface area (Å²) in [5.74, 6) is 0.118. The molecule has 0 saturated carbocycles. The van der Waals surface area contributed by atoms with Crippen molar-refractivity contribution in [3.63, 3.8) is 0 Å². The molecule has 1 aliphatic rings. The summed E-state index contributed by atoms with van der Waals surface area (Å²) in [7, 11) is 0. The number of carbonyl (C=O) groups is 1. The van der Waals surface area contributed by atoms with E-state index in [1.54, 1.807) is 0 Å². The Morgan fingerprint density at radius 1 is 0.909 bits per heavy atom. The lowest BCUT2D eigenvalue weighted by Gasteiger charge is -2.34. The van der Waals surface area contributed by atoms with Crippen LogP contribution in [0.2, 0.25) is 0 Å². The van der Waals surface area contributed by atoms with Crippen molar-refractivity contribution in [1.82, 2.24) is 9.80 Å². The van der Waals surface area contributed by atoms with Gasteiger partial charge in [-0.1, -0.05) is 30.3 Å². The van der Waals surface area contributed by atoms with Crippen LogP contribution in [0.25, 0.3) is 0 Å². The van der Waals surface area contributed by atoms with E-state index in [0.717, 1.165) is 43.2 Å². The molecule has 1 heterocycles. The fraction of sp³-hybridized carbons (Fsp3) is 0.278. The summed E-state index contributed by atoms with van der Waals surface area (Å²) in [6.07, 6.45) is 0. The predicted molar refractivity (Wildman–Crippen MR) is 91.3 cm³/mol. The summed E-state index contributed by atoms with van der Waals surface area (Å²) >= 11 is 4.25. The maximum absolute atomic E-state index is 12.5. The monoisotopic (exact) mass is 312 g/mol. The minimum absolute atomic E-state index is 0.118. The number of hydrogen-bond acceptors (Lipinski definition) is 3. The zero-order valence-electron chi connectivity index (χ0n) is 12.5. The van der Waals surface area contributed by atoms with E-state index in [1.807, 2.05) is 35.2 Å². The van der Waals surface area contributed by atoms with Crippen LogP contribution >= 0.6 is 12.6 Å². The van der Waals surface area contributed by atoms with Crippen LogP contribution in [0.15, 0.2) is 59.5 Å². The molecule has 114 valence electrons. The van der Waals surface area contributed by atoms with Crippen LogP contribution in [0.4, 0.5) is 0 Å². The van der Waals surface area contributed by atoms with Gasteiger partial charge in [0.2, 0.25) is 0 Å². The van der Waals surface area contributed by atoms with Crippen LogP contribution in [0.5, 0.6) is 0 Å². The number of thiol groups is 1. The van der Waals surface area contributed by atoms with Gasteiger partial charge in [0.1, 0.15) is 0 Å². The van der Waals surface area contributed by atoms with Crippen molar-refractivity contribution in [2.75, 3.05) is 26.2 Å². The van der Waals surface area contributed by atoms with E-state index < -0.39 is 0 Å². The van der Waals surface area contributed by atoms with Crippen LogP contribution in [0, 0.1) is 0 Å². The molecule has 0 radical (unpaired) electrons. The van der Waals surface area contributed by atoms with Gasteiger partial charge in [0, 0.05) is 43.2 Å². The summed E-state index contributed by atoms with van der Waals surface area (Å²) in [6, 6.07) is 17.9. The molecule has 0 spiro atoms. The Balaban J connectivity index is 1.55. The van der Waals surface area contributed by atoms with Crippen LogP contribution in [0.1, 0.15) is 15.9 Å². The summed E-state index contributed by atoms with van der Waals surface area (Å²) in [6.45, 7) is 4.37. The lowest BCUT2D eigenvalue weighted by Crippen LogP contribution is -2.48. The zero-order valence-corrected chi connectivity index (χ0v) is 13.4. The normalized spacial score (nSPS) is 15.8. The maximum atomic E-state index is 12.5. The quantitative estimate of drug-likeness (QED) is 0.881. The highest BCUT2D eigenvalue weighted by molar-refractivity contribution is 7.80. The van der Waals surface area contributed by atoms with Gasteiger partial charge >= 0.3 is 0 Å². The largest absolute Gasteiger partial charge is 0.336 e. The van der Waals surface area contributed by atoms with Gasteiger partial charge in [-0.25, -0.2) is 0 Å². The van der Waals surface area contributed by atoms with Gasteiger partial charge in [-0.2, -0.15) is 0 Å². The molecule has 0 aromatic heterocycles. The van der Waals surface area contributed by atoms with Crippen LogP contribution in [0.3, 0.4) is 0 Å². The number of rotatable bonds is 3. The third-order valence-electron chi connectivity index (χ3n) is 4.02. The molecule has 2 aromatic rings. The minimum atomic E-state index is 0.118. The second kappa shape index (κ2) is 6.99. The van der Waals surface area contributed by atoms with E-state index in [4.69, 9.17) is 0 Å². The molecular formula is C18H20N2OS. The first kappa shape index (κ1) is 15.1. The molecule has 3 rings (SSSR count). The number of nitrogens with zero attached hydrogens (tertiary/aromatic N) is 2. The average Bonchev–Trinajstić information content (AvgIpc) is 2.57. The molecule has 3 nitrogen and oxygen atoms in total. The third kappa shape index (κ3) is 3.70. The van der Waals surface area contributed by atoms with Gasteiger partial charge in [-0.05, 0) is 29.8 Å². The predicted octanol–water partition coefficient (Wildman–Crippen LogP) is 2.93. The highest BCUT2D eigenvalue weighted by atomic mass is 32.1. The molecule has 0 N–H and O–H groups in total. The van der Waals surface area contributed by atoms with Gasteiger partial charge in [-0.3, -0.25) is 9.69 Å². The number of piperazine rings is 1.